The van der Waals surface area contributed by atoms with Crippen LogP contribution in [-0.2, 0) is 32.0 Å². The predicted molar refractivity (Wildman–Crippen MR) is 123 cm³/mol. The molecule has 33 heavy (non-hydrogen) atoms. The molecule has 0 aromatic heterocycles. The monoisotopic (exact) mass is 452 g/mol. The molecule has 2 aromatic carbocycles. The molecule has 9 nitrogen and oxygen atoms in total. The van der Waals surface area contributed by atoms with Crippen LogP contribution < -0.4 is 16.2 Å². The van der Waals surface area contributed by atoms with Crippen molar-refractivity contribution in [2.75, 3.05) is 20.7 Å². The molecule has 1 atom stereocenters. The Morgan fingerprint density at radius 2 is 1.82 bits per heavy atom. The van der Waals surface area contributed by atoms with E-state index in [4.69, 9.17) is 20.9 Å². The summed E-state index contributed by atoms with van der Waals surface area (Å²) in [5, 5.41) is 0. The number of carbonyl (C=O) groups excluding carboxylic acids is 3. The Labute approximate surface area is 192 Å². The van der Waals surface area contributed by atoms with Crippen LogP contribution in [0.3, 0.4) is 0 Å². The van der Waals surface area contributed by atoms with Crippen molar-refractivity contribution >= 4 is 29.5 Å². The molecule has 0 heterocycles. The zero-order chi connectivity index (χ0) is 24.0. The third-order valence-corrected chi connectivity index (χ3v) is 5.36. The van der Waals surface area contributed by atoms with Crippen molar-refractivity contribution in [3.05, 3.63) is 59.2 Å². The van der Waals surface area contributed by atoms with Gasteiger partial charge >= 0.3 is 11.9 Å². The Balaban J connectivity index is 1.62. The molecule has 1 aliphatic carbocycles. The van der Waals surface area contributed by atoms with Gasteiger partial charge < -0.3 is 25.8 Å². The fourth-order valence-corrected chi connectivity index (χ4v) is 3.67. The van der Waals surface area contributed by atoms with Crippen LogP contribution in [0.5, 0.6) is 5.75 Å². The Kier molecular flexibility index (Phi) is 7.66. The number of guanidine groups is 1. The third kappa shape index (κ3) is 6.31. The first-order chi connectivity index (χ1) is 15.7. The molecular formula is C24H28N4O5. The van der Waals surface area contributed by atoms with E-state index < -0.39 is 11.9 Å². The molecule has 0 saturated heterocycles. The second-order valence-electron chi connectivity index (χ2n) is 8.02. The Morgan fingerprint density at radius 1 is 1.09 bits per heavy atom. The maximum absolute atomic E-state index is 12.9. The number of ether oxygens (including phenoxy) is 2. The molecule has 174 valence electrons. The normalized spacial score (nSPS) is 14.5. The number of aliphatic imine (C=N–C) groups is 1. The summed E-state index contributed by atoms with van der Waals surface area (Å²) in [7, 11) is 3.18. The lowest BCUT2D eigenvalue weighted by molar-refractivity contribution is -0.150. The van der Waals surface area contributed by atoms with Gasteiger partial charge in [0, 0.05) is 14.1 Å². The van der Waals surface area contributed by atoms with Gasteiger partial charge in [-0.15, -0.1) is 0 Å². The van der Waals surface area contributed by atoms with Gasteiger partial charge in [0.05, 0.1) is 18.0 Å². The topological polar surface area (TPSA) is 137 Å². The van der Waals surface area contributed by atoms with Crippen LogP contribution in [0.2, 0.25) is 0 Å². The highest BCUT2D eigenvalue weighted by Crippen LogP contribution is 2.37. The van der Waals surface area contributed by atoms with Gasteiger partial charge in [-0.2, -0.15) is 0 Å². The fourth-order valence-electron chi connectivity index (χ4n) is 3.67. The summed E-state index contributed by atoms with van der Waals surface area (Å²) in [5.41, 5.74) is 14.2. The molecule has 4 N–H and O–H groups in total. The average Bonchev–Trinajstić information content (AvgIpc) is 2.78. The molecule has 0 fully saturated rings. The Morgan fingerprint density at radius 3 is 2.48 bits per heavy atom. The predicted octanol–water partition coefficient (Wildman–Crippen LogP) is 1.79. The van der Waals surface area contributed by atoms with E-state index in [0.717, 1.165) is 24.0 Å². The number of nitrogens with two attached hydrogens (primary N) is 2. The molecule has 0 radical (unpaired) electrons. The van der Waals surface area contributed by atoms with Gasteiger partial charge in [0.15, 0.2) is 12.6 Å². The number of likely N-dealkylation sites (N-methyl/N-ethyl adjacent to an activating group) is 1. The molecule has 9 heteroatoms. The van der Waals surface area contributed by atoms with Crippen molar-refractivity contribution in [1.29, 1.82) is 0 Å². The summed E-state index contributed by atoms with van der Waals surface area (Å²) in [6, 6.07) is 12.2. The molecule has 1 aliphatic rings. The maximum atomic E-state index is 12.9. The molecule has 3 rings (SSSR count). The first kappa shape index (κ1) is 23.8. The summed E-state index contributed by atoms with van der Waals surface area (Å²) < 4.78 is 10.6. The number of esters is 2. The van der Waals surface area contributed by atoms with Crippen molar-refractivity contribution in [3.63, 3.8) is 0 Å². The number of nitrogens with zero attached hydrogens (tertiary/aromatic N) is 2. The lowest BCUT2D eigenvalue weighted by Gasteiger charge is -2.25. The van der Waals surface area contributed by atoms with E-state index in [9.17, 15) is 14.4 Å². The minimum atomic E-state index is -0.509. The second-order valence-corrected chi connectivity index (χ2v) is 8.02. The van der Waals surface area contributed by atoms with Crippen molar-refractivity contribution in [2.45, 2.75) is 31.6 Å². The number of hydrogen-bond acceptors (Lipinski definition) is 6. The molecule has 0 aliphatic heterocycles. The van der Waals surface area contributed by atoms with Crippen LogP contribution in [-0.4, -0.2) is 49.4 Å². The molecule has 0 bridgehead atoms. The molecule has 0 spiro atoms. The third-order valence-electron chi connectivity index (χ3n) is 5.36. The highest BCUT2D eigenvalue weighted by molar-refractivity contribution is 5.84. The highest BCUT2D eigenvalue weighted by Gasteiger charge is 2.29. The molecule has 0 saturated carbocycles. The highest BCUT2D eigenvalue weighted by atomic mass is 16.5. The Bertz CT molecular complexity index is 1060. The van der Waals surface area contributed by atoms with E-state index in [1.54, 1.807) is 38.4 Å². The minimum Gasteiger partial charge on any atom is -0.455 e. The van der Waals surface area contributed by atoms with E-state index >= 15 is 0 Å². The van der Waals surface area contributed by atoms with Gasteiger partial charge in [0.2, 0.25) is 0 Å². The van der Waals surface area contributed by atoms with Crippen LogP contribution in [0.1, 0.15) is 35.4 Å². The van der Waals surface area contributed by atoms with Crippen LogP contribution in [0, 0.1) is 0 Å². The van der Waals surface area contributed by atoms with Gasteiger partial charge in [-0.3, -0.25) is 14.4 Å². The Hall–Kier alpha value is -3.88. The number of benzene rings is 2. The first-order valence-electron chi connectivity index (χ1n) is 10.6. The second kappa shape index (κ2) is 10.6. The average molecular weight is 453 g/mol. The van der Waals surface area contributed by atoms with E-state index in [1.165, 1.54) is 4.90 Å². The summed E-state index contributed by atoms with van der Waals surface area (Å²) in [4.78, 5) is 41.9. The smallest absolute Gasteiger partial charge is 0.318 e. The standard InChI is InChI=1S/C24H28N4O5/c1-28(2)21(29)14-32-22(30)13-15-9-11-16(12-10-15)33-23(31)19-7-3-6-18-17(19)5-4-8-20(18)27-24(25)26/h4-5,8-12,19H,3,6-7,13-14H2,1-2H3,(H4,25,26,27). The molecular weight excluding hydrogens is 424 g/mol. The van der Waals surface area contributed by atoms with Crippen molar-refractivity contribution < 1.29 is 23.9 Å². The van der Waals surface area contributed by atoms with Crippen LogP contribution in [0.4, 0.5) is 5.69 Å². The SMILES string of the molecule is CN(C)C(=O)COC(=O)Cc1ccc(OC(=O)C2CCCc3c(N=C(N)N)cccc32)cc1. The van der Waals surface area contributed by atoms with E-state index in [2.05, 4.69) is 4.99 Å². The lowest BCUT2D eigenvalue weighted by Crippen LogP contribution is -2.27. The summed E-state index contributed by atoms with van der Waals surface area (Å²) in [5.74, 6) is -1.21. The first-order valence-corrected chi connectivity index (χ1v) is 10.6. The summed E-state index contributed by atoms with van der Waals surface area (Å²) >= 11 is 0. The fraction of sp³-hybridized carbons (Fsp3) is 0.333. The number of amides is 1. The van der Waals surface area contributed by atoms with Gasteiger partial charge in [-0.25, -0.2) is 4.99 Å². The van der Waals surface area contributed by atoms with Crippen molar-refractivity contribution in [1.82, 2.24) is 4.90 Å². The number of carbonyl (C=O) groups is 3. The van der Waals surface area contributed by atoms with E-state index in [0.29, 0.717) is 23.4 Å². The molecule has 1 unspecified atom stereocenters. The van der Waals surface area contributed by atoms with Crippen LogP contribution in [0.15, 0.2) is 47.5 Å². The zero-order valence-electron chi connectivity index (χ0n) is 18.7. The van der Waals surface area contributed by atoms with Gasteiger partial charge in [0.1, 0.15) is 5.75 Å². The van der Waals surface area contributed by atoms with Crippen LogP contribution >= 0.6 is 0 Å². The number of hydrogen-bond donors (Lipinski definition) is 2. The molecule has 2 aromatic rings. The largest absolute Gasteiger partial charge is 0.455 e. The van der Waals surface area contributed by atoms with E-state index in [-0.39, 0.29) is 30.9 Å². The van der Waals surface area contributed by atoms with Gasteiger partial charge in [-0.1, -0.05) is 24.3 Å². The van der Waals surface area contributed by atoms with Crippen molar-refractivity contribution in [3.8, 4) is 5.75 Å². The summed E-state index contributed by atoms with van der Waals surface area (Å²) in [6.07, 6.45) is 2.29. The van der Waals surface area contributed by atoms with Gasteiger partial charge in [0.25, 0.3) is 5.91 Å². The summed E-state index contributed by atoms with van der Waals surface area (Å²) in [6.45, 7) is -0.296. The van der Waals surface area contributed by atoms with Crippen LogP contribution in [0.25, 0.3) is 0 Å². The number of fused-ring (bicyclic) bond motifs is 1. The van der Waals surface area contributed by atoms with Crippen molar-refractivity contribution in [2.24, 2.45) is 16.5 Å². The van der Waals surface area contributed by atoms with Gasteiger partial charge in [-0.05, 0) is 54.2 Å². The molecule has 1 amide bonds. The maximum Gasteiger partial charge on any atom is 0.318 e. The lowest BCUT2D eigenvalue weighted by atomic mass is 9.82. The number of rotatable bonds is 7. The zero-order valence-corrected chi connectivity index (χ0v) is 18.7. The van der Waals surface area contributed by atoms with E-state index in [1.807, 2.05) is 18.2 Å². The quantitative estimate of drug-likeness (QED) is 0.283. The minimum absolute atomic E-state index is 0.0124.